The van der Waals surface area contributed by atoms with Crippen LogP contribution in [0.4, 0.5) is 19.0 Å². The zero-order valence-electron chi connectivity index (χ0n) is 13.4. The van der Waals surface area contributed by atoms with Gasteiger partial charge in [-0.2, -0.15) is 13.2 Å². The molecular weight excluding hydrogens is 355 g/mol. The van der Waals surface area contributed by atoms with E-state index in [0.29, 0.717) is 11.6 Å². The molecule has 2 aliphatic rings. The van der Waals surface area contributed by atoms with Crippen LogP contribution in [0.3, 0.4) is 0 Å². The molecule has 134 valence electrons. The first-order valence-corrected chi connectivity index (χ1v) is 8.90. The highest BCUT2D eigenvalue weighted by atomic mass is 32.1. The third kappa shape index (κ3) is 2.65. The summed E-state index contributed by atoms with van der Waals surface area (Å²) in [5.41, 5.74) is 1.12. The maximum absolute atomic E-state index is 13.3. The van der Waals surface area contributed by atoms with Crippen molar-refractivity contribution in [2.75, 3.05) is 18.0 Å². The second kappa shape index (κ2) is 5.55. The average Bonchev–Trinajstić information content (AvgIpc) is 3.18. The lowest BCUT2D eigenvalue weighted by molar-refractivity contribution is -0.187. The van der Waals surface area contributed by atoms with E-state index in [0.717, 1.165) is 35.0 Å². The standard InChI is InChI=1S/C16H16F3N3O2S/c1-7-20-13(12-8-3-2-4-11(8)25-14(12)21-7)22-5-9(15(23)24)10(6-22)16(17,18)19/h9-10H,2-6H2,1H3,(H,23,24)/t9-,10-/m1/s1. The Balaban J connectivity index is 1.81. The minimum absolute atomic E-state index is 0.185. The molecule has 0 amide bonds. The summed E-state index contributed by atoms with van der Waals surface area (Å²) in [4.78, 5) is 23.7. The molecule has 5 nitrogen and oxygen atoms in total. The molecule has 1 saturated heterocycles. The first-order chi connectivity index (χ1) is 11.8. The number of carboxylic acid groups (broad SMARTS) is 1. The number of fused-ring (bicyclic) bond motifs is 3. The number of anilines is 1. The lowest BCUT2D eigenvalue weighted by atomic mass is 9.96. The molecule has 0 unspecified atom stereocenters. The molecule has 25 heavy (non-hydrogen) atoms. The second-order valence-corrected chi connectivity index (χ2v) is 7.71. The molecule has 1 fully saturated rings. The molecule has 0 radical (unpaired) electrons. The molecule has 0 bridgehead atoms. The van der Waals surface area contributed by atoms with Gasteiger partial charge in [0.05, 0.1) is 17.2 Å². The van der Waals surface area contributed by atoms with Crippen LogP contribution in [0, 0.1) is 18.8 Å². The molecular formula is C16H16F3N3O2S. The summed E-state index contributed by atoms with van der Waals surface area (Å²) in [6.07, 6.45) is -1.70. The normalized spacial score (nSPS) is 23.4. The summed E-state index contributed by atoms with van der Waals surface area (Å²) in [5, 5.41) is 10.1. The molecule has 1 aliphatic carbocycles. The maximum atomic E-state index is 13.3. The van der Waals surface area contributed by atoms with Crippen molar-refractivity contribution >= 4 is 33.3 Å². The van der Waals surface area contributed by atoms with Gasteiger partial charge in [0.2, 0.25) is 0 Å². The lowest BCUT2D eigenvalue weighted by Gasteiger charge is -2.20. The van der Waals surface area contributed by atoms with Gasteiger partial charge >= 0.3 is 12.1 Å². The van der Waals surface area contributed by atoms with Crippen LogP contribution in [0.5, 0.6) is 0 Å². The Kier molecular flexibility index (Phi) is 3.68. The summed E-state index contributed by atoms with van der Waals surface area (Å²) in [5.74, 6) is -3.83. The van der Waals surface area contributed by atoms with Crippen LogP contribution in [0.25, 0.3) is 10.2 Å². The fourth-order valence-corrected chi connectivity index (χ4v) is 5.17. The molecule has 4 rings (SSSR count). The quantitative estimate of drug-likeness (QED) is 0.878. The van der Waals surface area contributed by atoms with E-state index >= 15 is 0 Å². The minimum atomic E-state index is -4.55. The predicted molar refractivity (Wildman–Crippen MR) is 87.1 cm³/mol. The molecule has 0 spiro atoms. The van der Waals surface area contributed by atoms with E-state index in [1.54, 1.807) is 18.3 Å². The molecule has 3 heterocycles. The van der Waals surface area contributed by atoms with E-state index in [-0.39, 0.29) is 13.1 Å². The molecule has 1 N–H and O–H groups in total. The van der Waals surface area contributed by atoms with Crippen LogP contribution in [0.15, 0.2) is 0 Å². The monoisotopic (exact) mass is 371 g/mol. The Morgan fingerprint density at radius 1 is 1.28 bits per heavy atom. The van der Waals surface area contributed by atoms with Crippen LogP contribution < -0.4 is 4.90 Å². The highest BCUT2D eigenvalue weighted by Gasteiger charge is 2.53. The molecule has 0 saturated carbocycles. The van der Waals surface area contributed by atoms with E-state index in [4.69, 9.17) is 0 Å². The molecule has 0 aromatic carbocycles. The molecule has 2 atom stereocenters. The van der Waals surface area contributed by atoms with Crippen molar-refractivity contribution in [2.24, 2.45) is 11.8 Å². The number of alkyl halides is 3. The van der Waals surface area contributed by atoms with E-state index in [9.17, 15) is 23.1 Å². The number of aryl methyl sites for hydroxylation is 3. The number of aromatic nitrogens is 2. The predicted octanol–water partition coefficient (Wildman–Crippen LogP) is 3.19. The summed E-state index contributed by atoms with van der Waals surface area (Å²) in [6, 6.07) is 0. The lowest BCUT2D eigenvalue weighted by Crippen LogP contribution is -2.33. The van der Waals surface area contributed by atoms with Crippen LogP contribution >= 0.6 is 11.3 Å². The summed E-state index contributed by atoms with van der Waals surface area (Å²) in [6.45, 7) is 1.14. The fourth-order valence-electron chi connectivity index (χ4n) is 3.87. The SMILES string of the molecule is Cc1nc(N2C[C@@H](C(F)(F)F)[C@H](C(=O)O)C2)c2c3c(sc2n1)CCC3. The van der Waals surface area contributed by atoms with Gasteiger partial charge in [0, 0.05) is 18.0 Å². The number of carbonyl (C=O) groups is 1. The molecule has 2 aromatic rings. The first-order valence-electron chi connectivity index (χ1n) is 8.09. The van der Waals surface area contributed by atoms with Crippen molar-refractivity contribution in [3.8, 4) is 0 Å². The molecule has 1 aliphatic heterocycles. The zero-order chi connectivity index (χ0) is 17.9. The number of nitrogens with zero attached hydrogens (tertiary/aromatic N) is 3. The number of hydrogen-bond donors (Lipinski definition) is 1. The molecule has 2 aromatic heterocycles. The Bertz CT molecular complexity index is 864. The third-order valence-electron chi connectivity index (χ3n) is 5.01. The Hall–Kier alpha value is -1.90. The summed E-state index contributed by atoms with van der Waals surface area (Å²) in [7, 11) is 0. The number of thiophene rings is 1. The van der Waals surface area contributed by atoms with Gasteiger partial charge in [0.15, 0.2) is 0 Å². The maximum Gasteiger partial charge on any atom is 0.394 e. The van der Waals surface area contributed by atoms with Crippen LogP contribution in [-0.4, -0.2) is 40.3 Å². The van der Waals surface area contributed by atoms with Gasteiger partial charge in [0.1, 0.15) is 16.5 Å². The van der Waals surface area contributed by atoms with Crippen molar-refractivity contribution in [3.05, 3.63) is 16.3 Å². The first kappa shape index (κ1) is 16.6. The highest BCUT2D eigenvalue weighted by Crippen LogP contribution is 2.44. The number of aliphatic carboxylic acids is 1. The largest absolute Gasteiger partial charge is 0.481 e. The Morgan fingerprint density at radius 3 is 2.68 bits per heavy atom. The minimum Gasteiger partial charge on any atom is -0.481 e. The van der Waals surface area contributed by atoms with Gasteiger partial charge in [-0.15, -0.1) is 11.3 Å². The fraction of sp³-hybridized carbons (Fsp3) is 0.562. The highest BCUT2D eigenvalue weighted by molar-refractivity contribution is 7.19. The zero-order valence-corrected chi connectivity index (χ0v) is 14.2. The van der Waals surface area contributed by atoms with E-state index in [1.165, 1.54) is 9.78 Å². The summed E-state index contributed by atoms with van der Waals surface area (Å²) >= 11 is 1.57. The van der Waals surface area contributed by atoms with Crippen molar-refractivity contribution in [2.45, 2.75) is 32.4 Å². The van der Waals surface area contributed by atoms with E-state index in [1.807, 2.05) is 0 Å². The Morgan fingerprint density at radius 2 is 2.04 bits per heavy atom. The van der Waals surface area contributed by atoms with Gasteiger partial charge in [-0.05, 0) is 31.7 Å². The van der Waals surface area contributed by atoms with Gasteiger partial charge in [0.25, 0.3) is 0 Å². The number of halogens is 3. The van der Waals surface area contributed by atoms with Crippen molar-refractivity contribution in [1.29, 1.82) is 0 Å². The van der Waals surface area contributed by atoms with Crippen LogP contribution in [-0.2, 0) is 17.6 Å². The molecule has 9 heteroatoms. The third-order valence-corrected chi connectivity index (χ3v) is 6.20. The smallest absolute Gasteiger partial charge is 0.394 e. The number of rotatable bonds is 2. The Labute approximate surface area is 145 Å². The number of carboxylic acids is 1. The topological polar surface area (TPSA) is 66.3 Å². The number of hydrogen-bond acceptors (Lipinski definition) is 5. The van der Waals surface area contributed by atoms with Crippen LogP contribution in [0.2, 0.25) is 0 Å². The van der Waals surface area contributed by atoms with Gasteiger partial charge in [-0.1, -0.05) is 0 Å². The van der Waals surface area contributed by atoms with Crippen molar-refractivity contribution in [3.63, 3.8) is 0 Å². The summed E-state index contributed by atoms with van der Waals surface area (Å²) < 4.78 is 39.9. The van der Waals surface area contributed by atoms with Gasteiger partial charge in [-0.3, -0.25) is 4.79 Å². The van der Waals surface area contributed by atoms with Gasteiger partial charge < -0.3 is 10.0 Å². The van der Waals surface area contributed by atoms with Crippen LogP contribution in [0.1, 0.15) is 22.7 Å². The van der Waals surface area contributed by atoms with E-state index in [2.05, 4.69) is 9.97 Å². The average molecular weight is 371 g/mol. The van der Waals surface area contributed by atoms with Crippen molar-refractivity contribution in [1.82, 2.24) is 9.97 Å². The second-order valence-electron chi connectivity index (χ2n) is 6.63. The van der Waals surface area contributed by atoms with E-state index < -0.39 is 24.0 Å². The van der Waals surface area contributed by atoms with Crippen molar-refractivity contribution < 1.29 is 23.1 Å². The van der Waals surface area contributed by atoms with Gasteiger partial charge in [-0.25, -0.2) is 9.97 Å².